The summed E-state index contributed by atoms with van der Waals surface area (Å²) in [5, 5.41) is 0. The van der Waals surface area contributed by atoms with E-state index in [1.165, 1.54) is 11.1 Å². The number of ketones is 1. The Labute approximate surface area is 192 Å². The fourth-order valence-electron chi connectivity index (χ4n) is 5.28. The highest BCUT2D eigenvalue weighted by Gasteiger charge is 2.33. The van der Waals surface area contributed by atoms with Crippen LogP contribution in [0.1, 0.15) is 74.8 Å². The molecule has 0 N–H and O–H groups in total. The molecule has 1 saturated carbocycles. The Balaban J connectivity index is 1.28. The van der Waals surface area contributed by atoms with Gasteiger partial charge in [-0.05, 0) is 55.6 Å². The summed E-state index contributed by atoms with van der Waals surface area (Å²) in [5.41, 5.74) is 3.39. The van der Waals surface area contributed by atoms with Gasteiger partial charge in [0.2, 0.25) is 5.91 Å². The number of hydrogen-bond acceptors (Lipinski definition) is 2. The van der Waals surface area contributed by atoms with Crippen molar-refractivity contribution < 1.29 is 9.59 Å². The first kappa shape index (κ1) is 22.5. The molecule has 3 unspecified atom stereocenters. The number of amides is 1. The Morgan fingerprint density at radius 2 is 1.84 bits per heavy atom. The molecule has 1 aromatic carbocycles. The molecule has 3 atom stereocenters. The first-order valence-electron chi connectivity index (χ1n) is 12.3. The predicted molar refractivity (Wildman–Crippen MR) is 130 cm³/mol. The Hall–Kier alpha value is -2.68. The quantitative estimate of drug-likeness (QED) is 0.465. The maximum absolute atomic E-state index is 12.8. The van der Waals surface area contributed by atoms with Crippen LogP contribution in [0.2, 0.25) is 0 Å². The predicted octanol–water partition coefficient (Wildman–Crippen LogP) is 6.25. The van der Waals surface area contributed by atoms with Crippen LogP contribution in [-0.4, -0.2) is 29.7 Å². The molecule has 3 nitrogen and oxygen atoms in total. The first-order valence-corrected chi connectivity index (χ1v) is 12.3. The molecule has 168 valence electrons. The van der Waals surface area contributed by atoms with Gasteiger partial charge in [-0.15, -0.1) is 0 Å². The van der Waals surface area contributed by atoms with E-state index in [2.05, 4.69) is 55.5 Å². The van der Waals surface area contributed by atoms with E-state index in [9.17, 15) is 9.59 Å². The molecule has 0 radical (unpaired) electrons. The molecule has 0 heterocycles. The van der Waals surface area contributed by atoms with Gasteiger partial charge in [0.1, 0.15) is 5.78 Å². The number of benzene rings is 1. The number of Topliss-reactive ketones (excluding diaryl/α,β-unsaturated/α-hetero) is 1. The first-order chi connectivity index (χ1) is 15.7. The van der Waals surface area contributed by atoms with Crippen molar-refractivity contribution in [1.29, 1.82) is 0 Å². The third kappa shape index (κ3) is 5.38. The standard InChI is InChI=1S/C29H35NO2/c1-2-18-30(29(32)26-12-6-7-13-26)19-8-9-22-20-27(28(31)21-22)25-16-14-24(15-17-25)23-10-4-3-5-11-23/h3-7,10,12,14-17,22-23,27H,2,8-9,11,13,18-21H2,1H3. The topological polar surface area (TPSA) is 37.4 Å². The third-order valence-corrected chi connectivity index (χ3v) is 7.06. The number of allylic oxidation sites excluding steroid dienone is 7. The number of nitrogens with zero attached hydrogens (tertiary/aromatic N) is 1. The zero-order valence-electron chi connectivity index (χ0n) is 19.2. The zero-order chi connectivity index (χ0) is 22.3. The highest BCUT2D eigenvalue weighted by molar-refractivity contribution is 5.94. The fourth-order valence-corrected chi connectivity index (χ4v) is 5.28. The summed E-state index contributed by atoms with van der Waals surface area (Å²) in [6, 6.07) is 8.73. The van der Waals surface area contributed by atoms with Gasteiger partial charge in [-0.2, -0.15) is 0 Å². The van der Waals surface area contributed by atoms with Gasteiger partial charge >= 0.3 is 0 Å². The molecule has 3 heteroatoms. The second kappa shape index (κ2) is 10.8. The summed E-state index contributed by atoms with van der Waals surface area (Å²) in [6.07, 6.45) is 21.0. The molecule has 4 rings (SSSR count). The molecule has 32 heavy (non-hydrogen) atoms. The lowest BCUT2D eigenvalue weighted by molar-refractivity contribution is -0.127. The Morgan fingerprint density at radius 3 is 2.53 bits per heavy atom. The van der Waals surface area contributed by atoms with E-state index < -0.39 is 0 Å². The summed E-state index contributed by atoms with van der Waals surface area (Å²) in [5.74, 6) is 1.49. The van der Waals surface area contributed by atoms with Crippen LogP contribution in [0.4, 0.5) is 0 Å². The highest BCUT2D eigenvalue weighted by Crippen LogP contribution is 2.38. The van der Waals surface area contributed by atoms with E-state index in [0.29, 0.717) is 24.0 Å². The number of carbonyl (C=O) groups excluding carboxylic acids is 2. The lowest BCUT2D eigenvalue weighted by Gasteiger charge is -2.23. The van der Waals surface area contributed by atoms with E-state index >= 15 is 0 Å². The van der Waals surface area contributed by atoms with Crippen LogP contribution >= 0.6 is 0 Å². The molecule has 3 aliphatic carbocycles. The lowest BCUT2D eigenvalue weighted by Crippen LogP contribution is -2.33. The SMILES string of the molecule is CCCN(CCCC1CC(=O)C(c2ccc(C3C=CC=CC3)cc2)C1)C(=O)C1=CC=CC1. The van der Waals surface area contributed by atoms with Crippen LogP contribution in [-0.2, 0) is 9.59 Å². The van der Waals surface area contributed by atoms with E-state index in [0.717, 1.165) is 57.2 Å². The molecule has 1 aromatic rings. The molecule has 3 aliphatic rings. The summed E-state index contributed by atoms with van der Waals surface area (Å²) >= 11 is 0. The van der Waals surface area contributed by atoms with Crippen LogP contribution < -0.4 is 0 Å². The van der Waals surface area contributed by atoms with Gasteiger partial charge in [0, 0.05) is 36.9 Å². The average Bonchev–Trinajstić information content (AvgIpc) is 3.49. The molecule has 0 bridgehead atoms. The lowest BCUT2D eigenvalue weighted by atomic mass is 9.89. The van der Waals surface area contributed by atoms with Crippen LogP contribution in [0.5, 0.6) is 0 Å². The van der Waals surface area contributed by atoms with E-state index in [1.54, 1.807) is 0 Å². The van der Waals surface area contributed by atoms with Gasteiger partial charge in [0.25, 0.3) is 0 Å². The summed E-state index contributed by atoms with van der Waals surface area (Å²) in [7, 11) is 0. The largest absolute Gasteiger partial charge is 0.339 e. The van der Waals surface area contributed by atoms with Crippen LogP contribution in [0, 0.1) is 5.92 Å². The highest BCUT2D eigenvalue weighted by atomic mass is 16.2. The molecule has 1 fully saturated rings. The van der Waals surface area contributed by atoms with E-state index in [1.807, 2.05) is 23.1 Å². The average molecular weight is 430 g/mol. The molecule has 0 aromatic heterocycles. The van der Waals surface area contributed by atoms with Crippen LogP contribution in [0.25, 0.3) is 0 Å². The number of rotatable bonds is 9. The van der Waals surface area contributed by atoms with Crippen molar-refractivity contribution in [3.05, 3.63) is 83.5 Å². The van der Waals surface area contributed by atoms with Gasteiger partial charge in [-0.25, -0.2) is 0 Å². The summed E-state index contributed by atoms with van der Waals surface area (Å²) in [6.45, 7) is 3.71. The minimum atomic E-state index is 0.0407. The van der Waals surface area contributed by atoms with Gasteiger partial charge in [0.05, 0.1) is 0 Å². The fraction of sp³-hybridized carbons (Fsp3) is 0.448. The van der Waals surface area contributed by atoms with Gasteiger partial charge in [-0.1, -0.05) is 73.7 Å². The minimum absolute atomic E-state index is 0.0407. The van der Waals surface area contributed by atoms with Crippen molar-refractivity contribution >= 4 is 11.7 Å². The van der Waals surface area contributed by atoms with Crippen molar-refractivity contribution in [2.45, 2.75) is 63.7 Å². The van der Waals surface area contributed by atoms with E-state index in [-0.39, 0.29) is 11.8 Å². The van der Waals surface area contributed by atoms with Gasteiger partial charge < -0.3 is 4.90 Å². The van der Waals surface area contributed by atoms with Crippen molar-refractivity contribution in [2.24, 2.45) is 5.92 Å². The van der Waals surface area contributed by atoms with Crippen molar-refractivity contribution in [2.75, 3.05) is 13.1 Å². The molecule has 0 spiro atoms. The normalized spacial score (nSPS) is 24.2. The second-order valence-corrected chi connectivity index (χ2v) is 9.41. The molecule has 1 amide bonds. The maximum atomic E-state index is 12.8. The van der Waals surface area contributed by atoms with Crippen LogP contribution in [0.3, 0.4) is 0 Å². The Bertz CT molecular complexity index is 934. The number of hydrogen-bond donors (Lipinski definition) is 0. The molecule has 0 aliphatic heterocycles. The molecule has 0 saturated heterocycles. The van der Waals surface area contributed by atoms with Crippen molar-refractivity contribution in [1.82, 2.24) is 4.90 Å². The molecular formula is C29H35NO2. The number of carbonyl (C=O) groups is 2. The minimum Gasteiger partial charge on any atom is -0.339 e. The monoisotopic (exact) mass is 429 g/mol. The molecular weight excluding hydrogens is 394 g/mol. The third-order valence-electron chi connectivity index (χ3n) is 7.06. The smallest absolute Gasteiger partial charge is 0.250 e. The summed E-state index contributed by atoms with van der Waals surface area (Å²) < 4.78 is 0. The Kier molecular flexibility index (Phi) is 7.57. The van der Waals surface area contributed by atoms with Crippen molar-refractivity contribution in [3.8, 4) is 0 Å². The second-order valence-electron chi connectivity index (χ2n) is 9.41. The Morgan fingerprint density at radius 1 is 1.03 bits per heavy atom. The maximum Gasteiger partial charge on any atom is 0.250 e. The van der Waals surface area contributed by atoms with Gasteiger partial charge in [-0.3, -0.25) is 9.59 Å². The zero-order valence-corrected chi connectivity index (χ0v) is 19.2. The van der Waals surface area contributed by atoms with Crippen LogP contribution in [0.15, 0.2) is 72.4 Å². The van der Waals surface area contributed by atoms with Crippen molar-refractivity contribution in [3.63, 3.8) is 0 Å². The summed E-state index contributed by atoms with van der Waals surface area (Å²) in [4.78, 5) is 27.5. The van der Waals surface area contributed by atoms with E-state index in [4.69, 9.17) is 0 Å². The van der Waals surface area contributed by atoms with Gasteiger partial charge in [0.15, 0.2) is 0 Å².